The van der Waals surface area contributed by atoms with Gasteiger partial charge in [0.1, 0.15) is 0 Å². The van der Waals surface area contributed by atoms with Crippen LogP contribution in [0.1, 0.15) is 25.8 Å². The summed E-state index contributed by atoms with van der Waals surface area (Å²) in [5.41, 5.74) is 7.26. The Kier molecular flexibility index (Phi) is 6.17. The molecule has 0 spiro atoms. The van der Waals surface area contributed by atoms with E-state index in [1.54, 1.807) is 0 Å². The van der Waals surface area contributed by atoms with Crippen molar-refractivity contribution < 1.29 is 0 Å². The van der Waals surface area contributed by atoms with E-state index in [2.05, 4.69) is 59.4 Å². The summed E-state index contributed by atoms with van der Waals surface area (Å²) in [4.78, 5) is 0. The van der Waals surface area contributed by atoms with Crippen molar-refractivity contribution in [2.45, 2.75) is 26.7 Å². The molecule has 0 saturated heterocycles. The Morgan fingerprint density at radius 1 is 1.35 bits per heavy atom. The van der Waals surface area contributed by atoms with E-state index >= 15 is 0 Å². The van der Waals surface area contributed by atoms with Crippen molar-refractivity contribution in [2.75, 3.05) is 19.6 Å². The lowest BCUT2D eigenvalue weighted by Gasteiger charge is -2.24. The molecule has 0 unspecified atom stereocenters. The summed E-state index contributed by atoms with van der Waals surface area (Å²) < 4.78 is 1.15. The van der Waals surface area contributed by atoms with E-state index in [9.17, 15) is 0 Å². The summed E-state index contributed by atoms with van der Waals surface area (Å²) in [5, 5.41) is 3.51. The zero-order valence-corrected chi connectivity index (χ0v) is 12.4. The second-order valence-electron chi connectivity index (χ2n) is 5.26. The van der Waals surface area contributed by atoms with E-state index < -0.39 is 0 Å². The highest BCUT2D eigenvalue weighted by Crippen LogP contribution is 2.17. The average molecular weight is 299 g/mol. The minimum atomic E-state index is 0.298. The molecule has 0 bridgehead atoms. The highest BCUT2D eigenvalue weighted by molar-refractivity contribution is 9.10. The van der Waals surface area contributed by atoms with E-state index in [4.69, 9.17) is 5.73 Å². The van der Waals surface area contributed by atoms with Gasteiger partial charge in [-0.3, -0.25) is 0 Å². The van der Waals surface area contributed by atoms with Crippen molar-refractivity contribution in [3.8, 4) is 0 Å². The monoisotopic (exact) mass is 298 g/mol. The molecule has 0 atom stereocenters. The standard InChI is InChI=1S/C14H23BrN2/c1-14(2,7-8-16)11-17-9-6-12-4-3-5-13(15)10-12/h3-5,10,17H,6-9,11,16H2,1-2H3. The average Bonchev–Trinajstić information content (AvgIpc) is 2.24. The van der Waals surface area contributed by atoms with Gasteiger partial charge in [0.25, 0.3) is 0 Å². The molecule has 1 aromatic carbocycles. The van der Waals surface area contributed by atoms with Gasteiger partial charge in [0.05, 0.1) is 0 Å². The van der Waals surface area contributed by atoms with Crippen LogP contribution in [-0.2, 0) is 6.42 Å². The molecule has 3 heteroatoms. The van der Waals surface area contributed by atoms with E-state index in [1.165, 1.54) is 5.56 Å². The molecular weight excluding hydrogens is 276 g/mol. The van der Waals surface area contributed by atoms with Gasteiger partial charge in [0, 0.05) is 11.0 Å². The predicted octanol–water partition coefficient (Wildman–Crippen LogP) is 2.96. The summed E-state index contributed by atoms with van der Waals surface area (Å²) in [6.45, 7) is 7.32. The molecule has 0 radical (unpaired) electrons. The molecule has 0 amide bonds. The molecule has 2 nitrogen and oxygen atoms in total. The van der Waals surface area contributed by atoms with Crippen molar-refractivity contribution >= 4 is 15.9 Å². The minimum Gasteiger partial charge on any atom is -0.330 e. The first-order valence-electron chi connectivity index (χ1n) is 6.19. The Bertz CT molecular complexity index is 337. The van der Waals surface area contributed by atoms with E-state index in [-0.39, 0.29) is 0 Å². The first-order valence-corrected chi connectivity index (χ1v) is 6.98. The van der Waals surface area contributed by atoms with Crippen LogP contribution in [0.15, 0.2) is 28.7 Å². The number of benzene rings is 1. The van der Waals surface area contributed by atoms with E-state index in [1.807, 2.05) is 0 Å². The van der Waals surface area contributed by atoms with Crippen molar-refractivity contribution in [2.24, 2.45) is 11.1 Å². The molecule has 3 N–H and O–H groups in total. The second-order valence-corrected chi connectivity index (χ2v) is 6.18. The van der Waals surface area contributed by atoms with Crippen molar-refractivity contribution in [1.82, 2.24) is 5.32 Å². The number of hydrogen-bond acceptors (Lipinski definition) is 2. The molecular formula is C14H23BrN2. The molecule has 0 aromatic heterocycles. The molecule has 0 heterocycles. The van der Waals surface area contributed by atoms with Crippen LogP contribution in [0.3, 0.4) is 0 Å². The summed E-state index contributed by atoms with van der Waals surface area (Å²) in [7, 11) is 0. The summed E-state index contributed by atoms with van der Waals surface area (Å²) in [6.07, 6.45) is 2.13. The van der Waals surface area contributed by atoms with Crippen LogP contribution in [0, 0.1) is 5.41 Å². The molecule has 17 heavy (non-hydrogen) atoms. The summed E-state index contributed by atoms with van der Waals surface area (Å²) in [6, 6.07) is 8.48. The molecule has 0 fully saturated rings. The molecule has 0 aliphatic carbocycles. The maximum atomic E-state index is 5.59. The summed E-state index contributed by atoms with van der Waals surface area (Å²) in [5.74, 6) is 0. The van der Waals surface area contributed by atoms with Crippen LogP contribution in [0.25, 0.3) is 0 Å². The number of rotatable bonds is 7. The van der Waals surface area contributed by atoms with Crippen LogP contribution >= 0.6 is 15.9 Å². The summed E-state index contributed by atoms with van der Waals surface area (Å²) >= 11 is 3.49. The minimum absolute atomic E-state index is 0.298. The smallest absolute Gasteiger partial charge is 0.0178 e. The Hall–Kier alpha value is -0.380. The highest BCUT2D eigenvalue weighted by atomic mass is 79.9. The lowest BCUT2D eigenvalue weighted by molar-refractivity contribution is 0.321. The van der Waals surface area contributed by atoms with E-state index in [0.29, 0.717) is 5.41 Å². The number of hydrogen-bond donors (Lipinski definition) is 2. The van der Waals surface area contributed by atoms with Gasteiger partial charge in [0.2, 0.25) is 0 Å². The van der Waals surface area contributed by atoms with Gasteiger partial charge in [-0.2, -0.15) is 0 Å². The van der Waals surface area contributed by atoms with Crippen molar-refractivity contribution in [1.29, 1.82) is 0 Å². The lowest BCUT2D eigenvalue weighted by atomic mass is 9.89. The quantitative estimate of drug-likeness (QED) is 0.760. The van der Waals surface area contributed by atoms with Crippen LogP contribution < -0.4 is 11.1 Å². The van der Waals surface area contributed by atoms with Crippen LogP contribution in [-0.4, -0.2) is 19.6 Å². The Morgan fingerprint density at radius 3 is 2.76 bits per heavy atom. The molecule has 1 rings (SSSR count). The zero-order valence-electron chi connectivity index (χ0n) is 10.8. The molecule has 0 aliphatic rings. The Morgan fingerprint density at radius 2 is 2.12 bits per heavy atom. The second kappa shape index (κ2) is 7.14. The molecule has 0 aliphatic heterocycles. The molecule has 1 aromatic rings. The van der Waals surface area contributed by atoms with Crippen LogP contribution in [0.2, 0.25) is 0 Å². The highest BCUT2D eigenvalue weighted by Gasteiger charge is 2.15. The maximum absolute atomic E-state index is 5.59. The third-order valence-corrected chi connectivity index (χ3v) is 3.40. The van der Waals surface area contributed by atoms with Gasteiger partial charge in [-0.15, -0.1) is 0 Å². The molecule has 0 saturated carbocycles. The van der Waals surface area contributed by atoms with Gasteiger partial charge in [-0.05, 0) is 49.0 Å². The Balaban J connectivity index is 2.24. The van der Waals surface area contributed by atoms with Crippen molar-refractivity contribution in [3.63, 3.8) is 0 Å². The largest absolute Gasteiger partial charge is 0.330 e. The van der Waals surface area contributed by atoms with Gasteiger partial charge >= 0.3 is 0 Å². The van der Waals surface area contributed by atoms with Gasteiger partial charge in [-0.1, -0.05) is 41.9 Å². The first-order chi connectivity index (χ1) is 8.03. The predicted molar refractivity (Wildman–Crippen MR) is 78.2 cm³/mol. The third kappa shape index (κ3) is 6.20. The van der Waals surface area contributed by atoms with Crippen LogP contribution in [0.5, 0.6) is 0 Å². The van der Waals surface area contributed by atoms with E-state index in [0.717, 1.165) is 36.9 Å². The number of nitrogens with two attached hydrogens (primary N) is 1. The van der Waals surface area contributed by atoms with Gasteiger partial charge < -0.3 is 11.1 Å². The SMILES string of the molecule is CC(C)(CCN)CNCCc1cccc(Br)c1. The fourth-order valence-electron chi connectivity index (χ4n) is 1.83. The van der Waals surface area contributed by atoms with Gasteiger partial charge in [-0.25, -0.2) is 0 Å². The topological polar surface area (TPSA) is 38.0 Å². The van der Waals surface area contributed by atoms with Crippen molar-refractivity contribution in [3.05, 3.63) is 34.3 Å². The first kappa shape index (κ1) is 14.7. The lowest BCUT2D eigenvalue weighted by Crippen LogP contribution is -2.32. The fraction of sp³-hybridized carbons (Fsp3) is 0.571. The Labute approximate surface area is 113 Å². The third-order valence-electron chi connectivity index (χ3n) is 2.90. The normalized spacial score (nSPS) is 11.8. The van der Waals surface area contributed by atoms with Gasteiger partial charge in [0.15, 0.2) is 0 Å². The number of halogens is 1. The molecule has 96 valence electrons. The number of nitrogens with one attached hydrogen (secondary N) is 1. The van der Waals surface area contributed by atoms with Crippen LogP contribution in [0.4, 0.5) is 0 Å². The maximum Gasteiger partial charge on any atom is 0.0178 e. The zero-order chi connectivity index (χ0) is 12.7. The fourth-order valence-corrected chi connectivity index (χ4v) is 2.28.